The van der Waals surface area contributed by atoms with Crippen LogP contribution in [-0.2, 0) is 4.84 Å². The minimum atomic E-state index is 0.662. The van der Waals surface area contributed by atoms with Gasteiger partial charge in [0.2, 0.25) is 0 Å². The Morgan fingerprint density at radius 1 is 1.23 bits per heavy atom. The maximum Gasteiger partial charge on any atom is 0.106 e. The Morgan fingerprint density at radius 3 is 2.31 bits per heavy atom. The molecule has 1 saturated carbocycles. The molecule has 0 spiro atoms. The zero-order chi connectivity index (χ0) is 9.68. The van der Waals surface area contributed by atoms with Gasteiger partial charge in [-0.2, -0.15) is 0 Å². The van der Waals surface area contributed by atoms with E-state index in [1.807, 2.05) is 6.21 Å². The fourth-order valence-corrected chi connectivity index (χ4v) is 2.11. The van der Waals surface area contributed by atoms with Crippen molar-refractivity contribution < 1.29 is 4.84 Å². The Bertz CT molecular complexity index is 157. The maximum atomic E-state index is 4.69. The standard InChI is InChI=1S/C11H21NO/c1-9(2)11-6-4-10(5-7-11)8-12-13-3/h8-11H,4-7H2,1-3H3/b12-8+. The summed E-state index contributed by atoms with van der Waals surface area (Å²) < 4.78 is 0. The van der Waals surface area contributed by atoms with Gasteiger partial charge in [0.15, 0.2) is 0 Å². The molecule has 0 heterocycles. The second-order valence-corrected chi connectivity index (χ2v) is 4.36. The smallest absolute Gasteiger partial charge is 0.106 e. The highest BCUT2D eigenvalue weighted by atomic mass is 16.6. The van der Waals surface area contributed by atoms with Gasteiger partial charge in [0.25, 0.3) is 0 Å². The van der Waals surface area contributed by atoms with Crippen molar-refractivity contribution in [2.45, 2.75) is 39.5 Å². The predicted molar refractivity (Wildman–Crippen MR) is 55.8 cm³/mol. The predicted octanol–water partition coefficient (Wildman–Crippen LogP) is 3.08. The Kier molecular flexibility index (Phi) is 4.26. The van der Waals surface area contributed by atoms with E-state index in [1.54, 1.807) is 7.11 Å². The van der Waals surface area contributed by atoms with Gasteiger partial charge in [-0.15, -0.1) is 0 Å². The van der Waals surface area contributed by atoms with E-state index in [4.69, 9.17) is 0 Å². The Balaban J connectivity index is 2.26. The van der Waals surface area contributed by atoms with Gasteiger partial charge in [-0.25, -0.2) is 0 Å². The molecule has 0 aromatic carbocycles. The molecule has 13 heavy (non-hydrogen) atoms. The zero-order valence-electron chi connectivity index (χ0n) is 8.99. The number of rotatable bonds is 3. The molecule has 0 aromatic heterocycles. The van der Waals surface area contributed by atoms with Crippen molar-refractivity contribution in [2.75, 3.05) is 7.11 Å². The van der Waals surface area contributed by atoms with Crippen molar-refractivity contribution in [1.29, 1.82) is 0 Å². The number of hydrogen-bond donors (Lipinski definition) is 0. The topological polar surface area (TPSA) is 21.6 Å². The minimum Gasteiger partial charge on any atom is -0.399 e. The largest absolute Gasteiger partial charge is 0.399 e. The van der Waals surface area contributed by atoms with E-state index in [0.717, 1.165) is 11.8 Å². The van der Waals surface area contributed by atoms with Gasteiger partial charge < -0.3 is 4.84 Å². The van der Waals surface area contributed by atoms with E-state index in [9.17, 15) is 0 Å². The summed E-state index contributed by atoms with van der Waals surface area (Å²) in [6.07, 6.45) is 7.26. The van der Waals surface area contributed by atoms with Crippen LogP contribution in [0.3, 0.4) is 0 Å². The molecule has 0 saturated heterocycles. The lowest BCUT2D eigenvalue weighted by molar-refractivity contribution is 0.208. The first kappa shape index (κ1) is 10.6. The number of nitrogens with zero attached hydrogens (tertiary/aromatic N) is 1. The zero-order valence-corrected chi connectivity index (χ0v) is 8.99. The van der Waals surface area contributed by atoms with Crippen LogP contribution in [0.15, 0.2) is 5.16 Å². The number of hydrogen-bond acceptors (Lipinski definition) is 2. The monoisotopic (exact) mass is 183 g/mol. The van der Waals surface area contributed by atoms with Crippen LogP contribution in [0, 0.1) is 17.8 Å². The maximum absolute atomic E-state index is 4.69. The normalized spacial score (nSPS) is 29.8. The van der Waals surface area contributed by atoms with Crippen LogP contribution in [0.1, 0.15) is 39.5 Å². The van der Waals surface area contributed by atoms with E-state index < -0.39 is 0 Å². The molecule has 0 aromatic rings. The second-order valence-electron chi connectivity index (χ2n) is 4.36. The van der Waals surface area contributed by atoms with Crippen molar-refractivity contribution in [3.8, 4) is 0 Å². The highest BCUT2D eigenvalue weighted by Crippen LogP contribution is 2.32. The molecule has 0 bridgehead atoms. The van der Waals surface area contributed by atoms with Gasteiger partial charge in [0.1, 0.15) is 7.11 Å². The van der Waals surface area contributed by atoms with E-state index in [0.29, 0.717) is 5.92 Å². The Hall–Kier alpha value is -0.530. The van der Waals surface area contributed by atoms with E-state index in [-0.39, 0.29) is 0 Å². The number of oxime groups is 1. The Morgan fingerprint density at radius 2 is 1.85 bits per heavy atom. The van der Waals surface area contributed by atoms with E-state index in [1.165, 1.54) is 25.7 Å². The summed E-state index contributed by atoms with van der Waals surface area (Å²) in [5.41, 5.74) is 0. The summed E-state index contributed by atoms with van der Waals surface area (Å²) in [4.78, 5) is 4.69. The van der Waals surface area contributed by atoms with Gasteiger partial charge in [-0.05, 0) is 43.4 Å². The molecule has 1 aliphatic carbocycles. The quantitative estimate of drug-likeness (QED) is 0.486. The van der Waals surface area contributed by atoms with Crippen molar-refractivity contribution in [3.63, 3.8) is 0 Å². The van der Waals surface area contributed by atoms with Gasteiger partial charge in [-0.1, -0.05) is 19.0 Å². The van der Waals surface area contributed by atoms with Crippen LogP contribution < -0.4 is 0 Å². The summed E-state index contributed by atoms with van der Waals surface area (Å²) >= 11 is 0. The molecule has 2 heteroatoms. The summed E-state index contributed by atoms with van der Waals surface area (Å²) in [7, 11) is 1.61. The molecule has 0 N–H and O–H groups in total. The first-order chi connectivity index (χ1) is 6.24. The van der Waals surface area contributed by atoms with Crippen molar-refractivity contribution >= 4 is 6.21 Å². The molecule has 0 amide bonds. The lowest BCUT2D eigenvalue weighted by Crippen LogP contribution is -2.19. The molecule has 1 aliphatic rings. The first-order valence-corrected chi connectivity index (χ1v) is 5.30. The van der Waals surface area contributed by atoms with Crippen molar-refractivity contribution in [3.05, 3.63) is 0 Å². The molecule has 76 valence electrons. The van der Waals surface area contributed by atoms with Gasteiger partial charge >= 0.3 is 0 Å². The molecular formula is C11H21NO. The molecule has 2 nitrogen and oxygen atoms in total. The van der Waals surface area contributed by atoms with Crippen LogP contribution >= 0.6 is 0 Å². The third-order valence-electron chi connectivity index (χ3n) is 3.14. The highest BCUT2D eigenvalue weighted by molar-refractivity contribution is 5.59. The fraction of sp³-hybridized carbons (Fsp3) is 0.909. The van der Waals surface area contributed by atoms with Crippen molar-refractivity contribution in [2.24, 2.45) is 22.9 Å². The van der Waals surface area contributed by atoms with Gasteiger partial charge in [0, 0.05) is 6.21 Å². The average Bonchev–Trinajstić information content (AvgIpc) is 2.15. The molecule has 1 fully saturated rings. The highest BCUT2D eigenvalue weighted by Gasteiger charge is 2.21. The van der Waals surface area contributed by atoms with Crippen LogP contribution in [0.4, 0.5) is 0 Å². The summed E-state index contributed by atoms with van der Waals surface area (Å²) in [5, 5.41) is 3.84. The van der Waals surface area contributed by atoms with Crippen molar-refractivity contribution in [1.82, 2.24) is 0 Å². The van der Waals surface area contributed by atoms with Crippen LogP contribution in [0.25, 0.3) is 0 Å². The molecule has 0 aliphatic heterocycles. The molecule has 0 unspecified atom stereocenters. The van der Waals surface area contributed by atoms with Crippen LogP contribution in [-0.4, -0.2) is 13.3 Å². The molecule has 0 radical (unpaired) electrons. The van der Waals surface area contributed by atoms with Gasteiger partial charge in [0.05, 0.1) is 0 Å². The molecular weight excluding hydrogens is 162 g/mol. The summed E-state index contributed by atoms with van der Waals surface area (Å²) in [6.45, 7) is 4.66. The first-order valence-electron chi connectivity index (χ1n) is 5.30. The lowest BCUT2D eigenvalue weighted by Gasteiger charge is -2.28. The van der Waals surface area contributed by atoms with Crippen LogP contribution in [0.2, 0.25) is 0 Å². The lowest BCUT2D eigenvalue weighted by atomic mass is 9.77. The minimum absolute atomic E-state index is 0.662. The fourth-order valence-electron chi connectivity index (χ4n) is 2.11. The third kappa shape index (κ3) is 3.37. The van der Waals surface area contributed by atoms with Crippen LogP contribution in [0.5, 0.6) is 0 Å². The molecule has 1 rings (SSSR count). The summed E-state index contributed by atoms with van der Waals surface area (Å²) in [6, 6.07) is 0. The van der Waals surface area contributed by atoms with Gasteiger partial charge in [-0.3, -0.25) is 0 Å². The summed E-state index contributed by atoms with van der Waals surface area (Å²) in [5.74, 6) is 2.45. The Labute approximate surface area is 81.3 Å². The van der Waals surface area contributed by atoms with E-state index in [2.05, 4.69) is 23.8 Å². The SMILES string of the molecule is CO/N=C/C1CCC(C(C)C)CC1. The second kappa shape index (κ2) is 5.25. The third-order valence-corrected chi connectivity index (χ3v) is 3.14. The molecule has 0 atom stereocenters. The van der Waals surface area contributed by atoms with E-state index >= 15 is 0 Å². The average molecular weight is 183 g/mol.